The molecule has 2 heterocycles. The van der Waals surface area contributed by atoms with Gasteiger partial charge in [-0.3, -0.25) is 4.98 Å². The molecule has 1 aliphatic rings. The molecular weight excluding hydrogens is 435 g/mol. The van der Waals surface area contributed by atoms with Crippen LogP contribution in [0.5, 0.6) is 0 Å². The van der Waals surface area contributed by atoms with E-state index in [0.29, 0.717) is 12.6 Å². The molecule has 0 aliphatic carbocycles. The first-order valence-corrected chi connectivity index (χ1v) is 8.77. The van der Waals surface area contributed by atoms with Crippen molar-refractivity contribution in [3.05, 3.63) is 78.1 Å². The highest BCUT2D eigenvalue weighted by atomic mass is 127. The average Bonchev–Trinajstić information content (AvgIpc) is 3.10. The van der Waals surface area contributed by atoms with Gasteiger partial charge in [0.1, 0.15) is 0 Å². The van der Waals surface area contributed by atoms with Crippen LogP contribution in [0.3, 0.4) is 0 Å². The molecule has 1 aromatic heterocycles. The van der Waals surface area contributed by atoms with Crippen LogP contribution in [-0.4, -0.2) is 28.9 Å². The smallest absolute Gasteiger partial charge is 0.194 e. The van der Waals surface area contributed by atoms with E-state index in [0.717, 1.165) is 24.4 Å². The molecule has 3 aromatic rings. The number of aromatic nitrogens is 1. The van der Waals surface area contributed by atoms with Gasteiger partial charge in [-0.2, -0.15) is 0 Å². The van der Waals surface area contributed by atoms with Gasteiger partial charge < -0.3 is 10.2 Å². The molecule has 1 aliphatic heterocycles. The predicted molar refractivity (Wildman–Crippen MR) is 118 cm³/mol. The van der Waals surface area contributed by atoms with E-state index in [1.807, 2.05) is 18.5 Å². The molecule has 26 heavy (non-hydrogen) atoms. The number of halogens is 1. The molecule has 1 fully saturated rings. The third kappa shape index (κ3) is 3.98. The molecule has 1 saturated heterocycles. The topological polar surface area (TPSA) is 40.5 Å². The second-order valence-electron chi connectivity index (χ2n) is 6.34. The number of benzene rings is 2. The van der Waals surface area contributed by atoms with Crippen molar-refractivity contribution in [2.75, 3.05) is 13.1 Å². The molecule has 134 valence electrons. The lowest BCUT2D eigenvalue weighted by Gasteiger charge is -2.14. The number of hydrogen-bond acceptors (Lipinski definition) is 2. The number of fused-ring (bicyclic) bond motifs is 1. The molecular formula is C21H23IN4. The minimum atomic E-state index is 0. The van der Waals surface area contributed by atoms with Crippen molar-refractivity contribution in [2.45, 2.75) is 19.5 Å². The molecule has 2 aromatic carbocycles. The summed E-state index contributed by atoms with van der Waals surface area (Å²) in [6.45, 7) is 4.77. The first-order chi connectivity index (χ1) is 12.3. The lowest BCUT2D eigenvalue weighted by molar-refractivity contribution is 0.455. The Kier molecular flexibility index (Phi) is 6.08. The fourth-order valence-corrected chi connectivity index (χ4v) is 3.30. The van der Waals surface area contributed by atoms with E-state index in [4.69, 9.17) is 4.99 Å². The Balaban J connectivity index is 0.00000196. The second kappa shape index (κ2) is 8.49. The Hall–Kier alpha value is -2.15. The zero-order valence-corrected chi connectivity index (χ0v) is 17.1. The number of pyridine rings is 1. The summed E-state index contributed by atoms with van der Waals surface area (Å²) in [5, 5.41) is 5.96. The summed E-state index contributed by atoms with van der Waals surface area (Å²) in [6, 6.07) is 19.4. The van der Waals surface area contributed by atoms with E-state index in [1.165, 1.54) is 16.5 Å². The van der Waals surface area contributed by atoms with Crippen molar-refractivity contribution in [3.8, 4) is 0 Å². The van der Waals surface area contributed by atoms with Gasteiger partial charge in [0, 0.05) is 30.9 Å². The normalized spacial score (nSPS) is 18.0. The van der Waals surface area contributed by atoms with Crippen LogP contribution in [0, 0.1) is 0 Å². The Morgan fingerprint density at radius 1 is 1.12 bits per heavy atom. The highest BCUT2D eigenvalue weighted by Crippen LogP contribution is 2.21. The molecule has 0 saturated carbocycles. The lowest BCUT2D eigenvalue weighted by atomic mass is 10.1. The van der Waals surface area contributed by atoms with Crippen LogP contribution in [0.25, 0.3) is 10.8 Å². The molecule has 0 bridgehead atoms. The first kappa shape index (κ1) is 18.6. The van der Waals surface area contributed by atoms with Crippen molar-refractivity contribution >= 4 is 40.7 Å². The molecule has 1 unspecified atom stereocenters. The molecule has 0 radical (unpaired) electrons. The summed E-state index contributed by atoms with van der Waals surface area (Å²) < 4.78 is 0. The van der Waals surface area contributed by atoms with Crippen LogP contribution in [0.4, 0.5) is 0 Å². The summed E-state index contributed by atoms with van der Waals surface area (Å²) in [4.78, 5) is 11.3. The van der Waals surface area contributed by atoms with Gasteiger partial charge in [-0.25, -0.2) is 4.99 Å². The maximum Gasteiger partial charge on any atom is 0.194 e. The van der Waals surface area contributed by atoms with Gasteiger partial charge in [-0.15, -0.1) is 24.0 Å². The van der Waals surface area contributed by atoms with Crippen molar-refractivity contribution in [2.24, 2.45) is 4.99 Å². The van der Waals surface area contributed by atoms with Crippen LogP contribution in [0.1, 0.15) is 24.1 Å². The third-order valence-electron chi connectivity index (χ3n) is 4.71. The van der Waals surface area contributed by atoms with Crippen LogP contribution >= 0.6 is 24.0 Å². The zero-order chi connectivity index (χ0) is 17.1. The Morgan fingerprint density at radius 2 is 1.96 bits per heavy atom. The van der Waals surface area contributed by atoms with Crippen molar-refractivity contribution in [3.63, 3.8) is 0 Å². The van der Waals surface area contributed by atoms with Gasteiger partial charge in [-0.1, -0.05) is 42.5 Å². The second-order valence-corrected chi connectivity index (χ2v) is 6.34. The number of likely N-dealkylation sites (N-methyl/N-ethyl adjacent to an activating group) is 1. The van der Waals surface area contributed by atoms with E-state index < -0.39 is 0 Å². The SMILES string of the molecule is CCN1CC(c2ccccc2)NC1=NCc1ccc2cnccc2c1.I. The molecule has 1 atom stereocenters. The van der Waals surface area contributed by atoms with Gasteiger partial charge in [0.2, 0.25) is 0 Å². The average molecular weight is 458 g/mol. The van der Waals surface area contributed by atoms with Gasteiger partial charge >= 0.3 is 0 Å². The number of rotatable bonds is 4. The fourth-order valence-electron chi connectivity index (χ4n) is 3.30. The summed E-state index contributed by atoms with van der Waals surface area (Å²) in [5.41, 5.74) is 2.52. The van der Waals surface area contributed by atoms with Crippen LogP contribution in [0.15, 0.2) is 72.0 Å². The summed E-state index contributed by atoms with van der Waals surface area (Å²) in [6.07, 6.45) is 3.73. The molecule has 5 heteroatoms. The largest absolute Gasteiger partial charge is 0.348 e. The Labute approximate surface area is 171 Å². The number of hydrogen-bond donors (Lipinski definition) is 1. The third-order valence-corrected chi connectivity index (χ3v) is 4.71. The van der Waals surface area contributed by atoms with Crippen LogP contribution in [0.2, 0.25) is 0 Å². The standard InChI is InChI=1S/C21H22N4.HI/c1-2-25-15-20(17-6-4-3-5-7-17)24-21(25)23-13-16-8-9-19-14-22-11-10-18(19)12-16;/h3-12,14,20H,2,13,15H2,1H3,(H,23,24);1H. The monoisotopic (exact) mass is 458 g/mol. The first-order valence-electron chi connectivity index (χ1n) is 8.77. The highest BCUT2D eigenvalue weighted by Gasteiger charge is 2.26. The van der Waals surface area contributed by atoms with E-state index >= 15 is 0 Å². The number of nitrogens with zero attached hydrogens (tertiary/aromatic N) is 3. The zero-order valence-electron chi connectivity index (χ0n) is 14.8. The maximum absolute atomic E-state index is 4.84. The van der Waals surface area contributed by atoms with Crippen LogP contribution in [-0.2, 0) is 6.54 Å². The maximum atomic E-state index is 4.84. The lowest BCUT2D eigenvalue weighted by Crippen LogP contribution is -2.30. The number of aliphatic imine (C=N–C) groups is 1. The summed E-state index contributed by atoms with van der Waals surface area (Å²) in [7, 11) is 0. The van der Waals surface area contributed by atoms with Gasteiger partial charge in [0.25, 0.3) is 0 Å². The molecule has 0 spiro atoms. The van der Waals surface area contributed by atoms with Gasteiger partial charge in [0.15, 0.2) is 5.96 Å². The predicted octanol–water partition coefficient (Wildman–Crippen LogP) is 4.38. The van der Waals surface area contributed by atoms with Gasteiger partial charge in [0.05, 0.1) is 12.6 Å². The minimum Gasteiger partial charge on any atom is -0.348 e. The van der Waals surface area contributed by atoms with E-state index in [2.05, 4.69) is 70.7 Å². The highest BCUT2D eigenvalue weighted by molar-refractivity contribution is 14.0. The van der Waals surface area contributed by atoms with E-state index in [1.54, 1.807) is 0 Å². The van der Waals surface area contributed by atoms with E-state index in [-0.39, 0.29) is 24.0 Å². The molecule has 1 N–H and O–H groups in total. The fraction of sp³-hybridized carbons (Fsp3) is 0.238. The number of guanidine groups is 1. The number of nitrogens with one attached hydrogen (secondary N) is 1. The Bertz CT molecular complexity index is 895. The van der Waals surface area contributed by atoms with Crippen LogP contribution < -0.4 is 5.32 Å². The van der Waals surface area contributed by atoms with Crippen molar-refractivity contribution < 1.29 is 0 Å². The minimum absolute atomic E-state index is 0. The van der Waals surface area contributed by atoms with Crippen molar-refractivity contribution in [1.29, 1.82) is 0 Å². The quantitative estimate of drug-likeness (QED) is 0.591. The van der Waals surface area contributed by atoms with E-state index in [9.17, 15) is 0 Å². The van der Waals surface area contributed by atoms with Gasteiger partial charge in [-0.05, 0) is 35.6 Å². The molecule has 0 amide bonds. The summed E-state index contributed by atoms with van der Waals surface area (Å²) in [5.74, 6) is 0.992. The Morgan fingerprint density at radius 3 is 2.77 bits per heavy atom. The summed E-state index contributed by atoms with van der Waals surface area (Å²) >= 11 is 0. The van der Waals surface area contributed by atoms with Crippen molar-refractivity contribution in [1.82, 2.24) is 15.2 Å². The molecule has 4 rings (SSSR count). The molecule has 4 nitrogen and oxygen atoms in total.